The first kappa shape index (κ1) is 15.4. The predicted octanol–water partition coefficient (Wildman–Crippen LogP) is 4.67. The van der Waals surface area contributed by atoms with Gasteiger partial charge in [0.25, 0.3) is 0 Å². The van der Waals surface area contributed by atoms with E-state index in [1.54, 1.807) is 26.4 Å². The van der Waals surface area contributed by atoms with E-state index in [-0.39, 0.29) is 11.7 Å². The monoisotopic (exact) mass is 309 g/mol. The standard InChI is InChI=1S/C16H17ClFNO2/c1-10(19-16-13(17)5-4-6-14(16)18)12-9-11(20-2)7-8-15(12)21-3/h4-10,19H,1-3H3. The Morgan fingerprint density at radius 3 is 2.52 bits per heavy atom. The number of rotatable bonds is 5. The maximum absolute atomic E-state index is 13.9. The SMILES string of the molecule is COc1ccc(OC)c(C(C)Nc2c(F)cccc2Cl)c1. The fourth-order valence-corrected chi connectivity index (χ4v) is 2.33. The first-order valence-electron chi connectivity index (χ1n) is 6.49. The summed E-state index contributed by atoms with van der Waals surface area (Å²) in [7, 11) is 3.19. The highest BCUT2D eigenvalue weighted by atomic mass is 35.5. The molecule has 0 aliphatic rings. The molecule has 3 nitrogen and oxygen atoms in total. The van der Waals surface area contributed by atoms with Gasteiger partial charge in [0.15, 0.2) is 0 Å². The van der Waals surface area contributed by atoms with Crippen molar-refractivity contribution in [3.05, 3.63) is 52.8 Å². The van der Waals surface area contributed by atoms with Crippen LogP contribution in [-0.4, -0.2) is 14.2 Å². The summed E-state index contributed by atoms with van der Waals surface area (Å²) in [5, 5.41) is 3.42. The van der Waals surface area contributed by atoms with Crippen molar-refractivity contribution in [2.24, 2.45) is 0 Å². The van der Waals surface area contributed by atoms with Crippen LogP contribution in [0.1, 0.15) is 18.5 Å². The summed E-state index contributed by atoms with van der Waals surface area (Å²) in [6.07, 6.45) is 0. The molecule has 112 valence electrons. The lowest BCUT2D eigenvalue weighted by atomic mass is 10.1. The van der Waals surface area contributed by atoms with Crippen LogP contribution in [0.2, 0.25) is 5.02 Å². The second-order valence-electron chi connectivity index (χ2n) is 4.57. The van der Waals surface area contributed by atoms with E-state index in [2.05, 4.69) is 5.32 Å². The number of halogens is 2. The number of benzene rings is 2. The van der Waals surface area contributed by atoms with Gasteiger partial charge < -0.3 is 14.8 Å². The van der Waals surface area contributed by atoms with E-state index in [0.717, 1.165) is 5.56 Å². The van der Waals surface area contributed by atoms with Crippen LogP contribution in [0, 0.1) is 5.82 Å². The fourth-order valence-electron chi connectivity index (χ4n) is 2.11. The van der Waals surface area contributed by atoms with Crippen LogP contribution in [0.5, 0.6) is 11.5 Å². The zero-order chi connectivity index (χ0) is 15.4. The van der Waals surface area contributed by atoms with Crippen molar-refractivity contribution in [3.8, 4) is 11.5 Å². The molecule has 0 heterocycles. The summed E-state index contributed by atoms with van der Waals surface area (Å²) in [5.41, 5.74) is 1.13. The summed E-state index contributed by atoms with van der Waals surface area (Å²) >= 11 is 6.03. The Bertz CT molecular complexity index is 613. The van der Waals surface area contributed by atoms with Crippen LogP contribution in [0.25, 0.3) is 0 Å². The van der Waals surface area contributed by atoms with Crippen LogP contribution >= 0.6 is 11.6 Å². The van der Waals surface area contributed by atoms with Gasteiger partial charge in [0.1, 0.15) is 17.3 Å². The molecule has 0 spiro atoms. The molecule has 1 N–H and O–H groups in total. The molecule has 2 rings (SSSR count). The number of anilines is 1. The van der Waals surface area contributed by atoms with E-state index >= 15 is 0 Å². The molecule has 0 saturated carbocycles. The van der Waals surface area contributed by atoms with E-state index < -0.39 is 5.82 Å². The predicted molar refractivity (Wildman–Crippen MR) is 83.0 cm³/mol. The van der Waals surface area contributed by atoms with Crippen LogP contribution in [-0.2, 0) is 0 Å². The highest BCUT2D eigenvalue weighted by Crippen LogP contribution is 2.34. The summed E-state index contributed by atoms with van der Waals surface area (Å²) in [5.74, 6) is 1.01. The van der Waals surface area contributed by atoms with Crippen molar-refractivity contribution < 1.29 is 13.9 Å². The number of methoxy groups -OCH3 is 2. The molecular weight excluding hydrogens is 293 g/mol. The maximum atomic E-state index is 13.9. The van der Waals surface area contributed by atoms with Gasteiger partial charge in [-0.15, -0.1) is 0 Å². The van der Waals surface area contributed by atoms with E-state index in [4.69, 9.17) is 21.1 Å². The van der Waals surface area contributed by atoms with Gasteiger partial charge in [-0.05, 0) is 37.3 Å². The second kappa shape index (κ2) is 6.68. The average Bonchev–Trinajstić information content (AvgIpc) is 2.50. The normalized spacial score (nSPS) is 11.9. The Morgan fingerprint density at radius 1 is 1.14 bits per heavy atom. The maximum Gasteiger partial charge on any atom is 0.147 e. The van der Waals surface area contributed by atoms with Crippen molar-refractivity contribution in [2.75, 3.05) is 19.5 Å². The van der Waals surface area contributed by atoms with Gasteiger partial charge in [-0.3, -0.25) is 0 Å². The summed E-state index contributed by atoms with van der Waals surface area (Å²) in [6, 6.07) is 9.85. The largest absolute Gasteiger partial charge is 0.497 e. The molecule has 0 aromatic heterocycles. The number of hydrogen-bond donors (Lipinski definition) is 1. The Kier molecular flexibility index (Phi) is 4.91. The summed E-state index contributed by atoms with van der Waals surface area (Å²) in [6.45, 7) is 1.90. The van der Waals surface area contributed by atoms with Gasteiger partial charge in [-0.1, -0.05) is 17.7 Å². The van der Waals surface area contributed by atoms with Gasteiger partial charge in [0.05, 0.1) is 31.0 Å². The quantitative estimate of drug-likeness (QED) is 0.870. The molecule has 0 fully saturated rings. The van der Waals surface area contributed by atoms with Crippen molar-refractivity contribution in [1.82, 2.24) is 0 Å². The molecule has 21 heavy (non-hydrogen) atoms. The highest BCUT2D eigenvalue weighted by molar-refractivity contribution is 6.33. The van der Waals surface area contributed by atoms with E-state index in [0.29, 0.717) is 16.5 Å². The lowest BCUT2D eigenvalue weighted by Crippen LogP contribution is -2.10. The average molecular weight is 310 g/mol. The third-order valence-corrected chi connectivity index (χ3v) is 3.54. The van der Waals surface area contributed by atoms with Crippen LogP contribution in [0.4, 0.5) is 10.1 Å². The van der Waals surface area contributed by atoms with Crippen molar-refractivity contribution in [2.45, 2.75) is 13.0 Å². The Labute approximate surface area is 128 Å². The smallest absolute Gasteiger partial charge is 0.147 e. The molecule has 1 atom stereocenters. The van der Waals surface area contributed by atoms with Crippen molar-refractivity contribution in [3.63, 3.8) is 0 Å². The highest BCUT2D eigenvalue weighted by Gasteiger charge is 2.16. The topological polar surface area (TPSA) is 30.5 Å². The van der Waals surface area contributed by atoms with Crippen LogP contribution in [0.15, 0.2) is 36.4 Å². The molecule has 5 heteroatoms. The minimum Gasteiger partial charge on any atom is -0.497 e. The van der Waals surface area contributed by atoms with Crippen molar-refractivity contribution >= 4 is 17.3 Å². The van der Waals surface area contributed by atoms with E-state index in [9.17, 15) is 4.39 Å². The minimum atomic E-state index is -0.392. The molecule has 0 aliphatic heterocycles. The summed E-state index contributed by atoms with van der Waals surface area (Å²) < 4.78 is 24.4. The first-order chi connectivity index (χ1) is 10.1. The van der Waals surface area contributed by atoms with Gasteiger partial charge in [-0.2, -0.15) is 0 Å². The Hall–Kier alpha value is -1.94. The van der Waals surface area contributed by atoms with Gasteiger partial charge >= 0.3 is 0 Å². The molecule has 0 bridgehead atoms. The fraction of sp³-hybridized carbons (Fsp3) is 0.250. The van der Waals surface area contributed by atoms with Gasteiger partial charge in [0, 0.05) is 5.56 Å². The molecule has 2 aromatic carbocycles. The zero-order valence-electron chi connectivity index (χ0n) is 12.1. The lowest BCUT2D eigenvalue weighted by molar-refractivity contribution is 0.397. The first-order valence-corrected chi connectivity index (χ1v) is 6.87. The minimum absolute atomic E-state index is 0.204. The number of ether oxygens (including phenoxy) is 2. The molecule has 0 radical (unpaired) electrons. The number of hydrogen-bond acceptors (Lipinski definition) is 3. The molecule has 0 amide bonds. The molecule has 1 unspecified atom stereocenters. The van der Waals surface area contributed by atoms with Crippen molar-refractivity contribution in [1.29, 1.82) is 0 Å². The molecule has 2 aromatic rings. The van der Waals surface area contributed by atoms with Gasteiger partial charge in [0.2, 0.25) is 0 Å². The molecular formula is C16H17ClFNO2. The number of nitrogens with one attached hydrogen (secondary N) is 1. The number of para-hydroxylation sites is 1. The zero-order valence-corrected chi connectivity index (χ0v) is 12.9. The Morgan fingerprint density at radius 2 is 1.90 bits per heavy atom. The van der Waals surface area contributed by atoms with Crippen LogP contribution in [0.3, 0.4) is 0 Å². The lowest BCUT2D eigenvalue weighted by Gasteiger charge is -2.20. The third kappa shape index (κ3) is 3.39. The molecule has 0 saturated heterocycles. The van der Waals surface area contributed by atoms with E-state index in [1.807, 2.05) is 25.1 Å². The third-order valence-electron chi connectivity index (χ3n) is 3.23. The second-order valence-corrected chi connectivity index (χ2v) is 4.98. The van der Waals surface area contributed by atoms with Crippen LogP contribution < -0.4 is 14.8 Å². The molecule has 0 aliphatic carbocycles. The Balaban J connectivity index is 2.33. The summed E-state index contributed by atoms with van der Waals surface area (Å²) in [4.78, 5) is 0. The van der Waals surface area contributed by atoms with Gasteiger partial charge in [-0.25, -0.2) is 4.39 Å². The van der Waals surface area contributed by atoms with E-state index in [1.165, 1.54) is 6.07 Å².